The number of hydrogen-bond acceptors (Lipinski definition) is 2. The highest BCUT2D eigenvalue weighted by molar-refractivity contribution is 6.31. The Labute approximate surface area is 201 Å². The predicted molar refractivity (Wildman–Crippen MR) is 134 cm³/mol. The van der Waals surface area contributed by atoms with Crippen molar-refractivity contribution in [2.24, 2.45) is 0 Å². The molecule has 4 nitrogen and oxygen atoms in total. The van der Waals surface area contributed by atoms with Gasteiger partial charge in [-0.15, -0.1) is 0 Å². The smallest absolute Gasteiger partial charge is 0.243 e. The molecule has 0 radical (unpaired) electrons. The van der Waals surface area contributed by atoms with Gasteiger partial charge in [-0.05, 0) is 36.1 Å². The first-order valence-electron chi connectivity index (χ1n) is 11.4. The highest BCUT2D eigenvalue weighted by atomic mass is 35.5. The van der Waals surface area contributed by atoms with Crippen molar-refractivity contribution in [3.8, 4) is 0 Å². The zero-order valence-electron chi connectivity index (χ0n) is 19.2. The second kappa shape index (κ2) is 12.2. The Bertz CT molecular complexity index is 1040. The summed E-state index contributed by atoms with van der Waals surface area (Å²) in [5.41, 5.74) is 2.72. The van der Waals surface area contributed by atoms with E-state index in [1.807, 2.05) is 98.8 Å². The molecule has 5 heteroatoms. The molecule has 0 saturated carbocycles. The van der Waals surface area contributed by atoms with E-state index in [1.165, 1.54) is 0 Å². The van der Waals surface area contributed by atoms with Crippen molar-refractivity contribution in [2.75, 3.05) is 0 Å². The number of amides is 2. The quantitative estimate of drug-likeness (QED) is 0.436. The number of carbonyl (C=O) groups is 2. The van der Waals surface area contributed by atoms with Crippen LogP contribution in [0.4, 0.5) is 0 Å². The molecule has 0 bridgehead atoms. The van der Waals surface area contributed by atoms with E-state index >= 15 is 0 Å². The number of carbonyl (C=O) groups excluding carboxylic acids is 2. The molecule has 0 aliphatic heterocycles. The molecular weight excluding hydrogens is 432 g/mol. The van der Waals surface area contributed by atoms with Crippen LogP contribution in [0.25, 0.3) is 0 Å². The van der Waals surface area contributed by atoms with Crippen LogP contribution in [-0.2, 0) is 29.0 Å². The Morgan fingerprint density at radius 2 is 1.45 bits per heavy atom. The van der Waals surface area contributed by atoms with Crippen molar-refractivity contribution >= 4 is 23.4 Å². The molecule has 0 fully saturated rings. The summed E-state index contributed by atoms with van der Waals surface area (Å²) in [5.74, 6) is -0.261. The number of nitrogens with one attached hydrogen (secondary N) is 1. The monoisotopic (exact) mass is 462 g/mol. The molecule has 0 aliphatic carbocycles. The van der Waals surface area contributed by atoms with Gasteiger partial charge in [0, 0.05) is 24.0 Å². The fourth-order valence-electron chi connectivity index (χ4n) is 3.68. The number of halogens is 1. The SMILES string of the molecule is CC[C@H](C)NC(=O)[C@@H](Cc1ccccc1)N(Cc1ccccc1Cl)C(=O)Cc1ccccc1. The van der Waals surface area contributed by atoms with E-state index in [2.05, 4.69) is 5.32 Å². The summed E-state index contributed by atoms with van der Waals surface area (Å²) in [6, 6.07) is 26.2. The van der Waals surface area contributed by atoms with Crippen molar-refractivity contribution in [1.29, 1.82) is 0 Å². The van der Waals surface area contributed by atoms with Crippen LogP contribution in [-0.4, -0.2) is 28.8 Å². The van der Waals surface area contributed by atoms with Crippen LogP contribution in [0.3, 0.4) is 0 Å². The van der Waals surface area contributed by atoms with Crippen LogP contribution in [0.15, 0.2) is 84.9 Å². The lowest BCUT2D eigenvalue weighted by Crippen LogP contribution is -2.52. The zero-order chi connectivity index (χ0) is 23.6. The van der Waals surface area contributed by atoms with Gasteiger partial charge in [-0.25, -0.2) is 0 Å². The first-order chi connectivity index (χ1) is 16.0. The molecule has 2 amide bonds. The lowest BCUT2D eigenvalue weighted by molar-refractivity contribution is -0.141. The van der Waals surface area contributed by atoms with Crippen LogP contribution in [0.5, 0.6) is 0 Å². The van der Waals surface area contributed by atoms with Gasteiger partial charge >= 0.3 is 0 Å². The van der Waals surface area contributed by atoms with E-state index in [0.717, 1.165) is 23.1 Å². The molecule has 0 saturated heterocycles. The molecule has 3 aromatic rings. The third-order valence-corrected chi connectivity index (χ3v) is 6.14. The van der Waals surface area contributed by atoms with E-state index in [1.54, 1.807) is 4.90 Å². The average Bonchev–Trinajstić information content (AvgIpc) is 2.83. The molecule has 33 heavy (non-hydrogen) atoms. The van der Waals surface area contributed by atoms with E-state index in [0.29, 0.717) is 11.4 Å². The van der Waals surface area contributed by atoms with Gasteiger partial charge in [0.1, 0.15) is 6.04 Å². The van der Waals surface area contributed by atoms with Crippen molar-refractivity contribution in [3.05, 3.63) is 107 Å². The molecule has 3 rings (SSSR count). The first kappa shape index (κ1) is 24.5. The molecular formula is C28H31ClN2O2. The Kier molecular flexibility index (Phi) is 9.08. The maximum atomic E-state index is 13.6. The van der Waals surface area contributed by atoms with Crippen molar-refractivity contribution in [2.45, 2.75) is 51.7 Å². The molecule has 172 valence electrons. The first-order valence-corrected chi connectivity index (χ1v) is 11.8. The van der Waals surface area contributed by atoms with Gasteiger partial charge in [-0.2, -0.15) is 0 Å². The second-order valence-corrected chi connectivity index (χ2v) is 8.71. The number of nitrogens with zero attached hydrogens (tertiary/aromatic N) is 1. The molecule has 3 aromatic carbocycles. The Morgan fingerprint density at radius 3 is 2.06 bits per heavy atom. The zero-order valence-corrected chi connectivity index (χ0v) is 20.0. The predicted octanol–water partition coefficient (Wildman–Crippen LogP) is 5.44. The van der Waals surface area contributed by atoms with Crippen molar-refractivity contribution in [3.63, 3.8) is 0 Å². The fraction of sp³-hybridized carbons (Fsp3) is 0.286. The summed E-state index contributed by atoms with van der Waals surface area (Å²) in [5, 5.41) is 3.66. The van der Waals surface area contributed by atoms with E-state index < -0.39 is 6.04 Å². The maximum Gasteiger partial charge on any atom is 0.243 e. The van der Waals surface area contributed by atoms with Crippen LogP contribution >= 0.6 is 11.6 Å². The second-order valence-electron chi connectivity index (χ2n) is 8.30. The minimum absolute atomic E-state index is 0.0159. The minimum Gasteiger partial charge on any atom is -0.352 e. The lowest BCUT2D eigenvalue weighted by atomic mass is 10.0. The van der Waals surface area contributed by atoms with Gasteiger partial charge in [0.05, 0.1) is 6.42 Å². The van der Waals surface area contributed by atoms with Gasteiger partial charge in [0.25, 0.3) is 0 Å². The summed E-state index contributed by atoms with van der Waals surface area (Å²) in [6.07, 6.45) is 1.45. The highest BCUT2D eigenvalue weighted by Crippen LogP contribution is 2.21. The van der Waals surface area contributed by atoms with Crippen LogP contribution in [0.1, 0.15) is 37.0 Å². The summed E-state index contributed by atoms with van der Waals surface area (Å²) >= 11 is 6.45. The third-order valence-electron chi connectivity index (χ3n) is 5.77. The Hall–Kier alpha value is -3.11. The molecule has 2 atom stereocenters. The van der Waals surface area contributed by atoms with E-state index in [-0.39, 0.29) is 30.8 Å². The number of rotatable bonds is 10. The third kappa shape index (κ3) is 7.19. The maximum absolute atomic E-state index is 13.6. The number of hydrogen-bond donors (Lipinski definition) is 1. The Morgan fingerprint density at radius 1 is 0.879 bits per heavy atom. The van der Waals surface area contributed by atoms with E-state index in [4.69, 9.17) is 11.6 Å². The molecule has 1 N–H and O–H groups in total. The van der Waals surface area contributed by atoms with Crippen LogP contribution in [0.2, 0.25) is 5.02 Å². The summed E-state index contributed by atoms with van der Waals surface area (Å²) < 4.78 is 0. The lowest BCUT2D eigenvalue weighted by Gasteiger charge is -2.32. The average molecular weight is 463 g/mol. The van der Waals surface area contributed by atoms with Gasteiger partial charge in [-0.3, -0.25) is 9.59 Å². The van der Waals surface area contributed by atoms with E-state index in [9.17, 15) is 9.59 Å². The summed E-state index contributed by atoms with van der Waals surface area (Å²) in [4.78, 5) is 28.8. The van der Waals surface area contributed by atoms with Crippen molar-refractivity contribution < 1.29 is 9.59 Å². The molecule has 0 aromatic heterocycles. The summed E-state index contributed by atoms with van der Waals surface area (Å²) in [6.45, 7) is 4.26. The Balaban J connectivity index is 1.97. The molecule has 0 spiro atoms. The molecule has 0 heterocycles. The van der Waals surface area contributed by atoms with Gasteiger partial charge < -0.3 is 10.2 Å². The van der Waals surface area contributed by atoms with Gasteiger partial charge in [-0.1, -0.05) is 97.4 Å². The largest absolute Gasteiger partial charge is 0.352 e. The van der Waals surface area contributed by atoms with Crippen LogP contribution < -0.4 is 5.32 Å². The summed E-state index contributed by atoms with van der Waals surface area (Å²) in [7, 11) is 0. The minimum atomic E-state index is -0.658. The van der Waals surface area contributed by atoms with Gasteiger partial charge in [0.2, 0.25) is 11.8 Å². The van der Waals surface area contributed by atoms with Crippen molar-refractivity contribution in [1.82, 2.24) is 10.2 Å². The number of benzene rings is 3. The molecule has 0 aliphatic rings. The van der Waals surface area contributed by atoms with Gasteiger partial charge in [0.15, 0.2) is 0 Å². The standard InChI is InChI=1S/C28H31ClN2O2/c1-3-21(2)30-28(33)26(18-22-12-6-4-7-13-22)31(20-24-16-10-11-17-25(24)29)27(32)19-23-14-8-5-9-15-23/h4-17,21,26H,3,18-20H2,1-2H3,(H,30,33)/t21-,26+/m0/s1. The van der Waals surface area contributed by atoms with Crippen LogP contribution in [0, 0.1) is 0 Å². The fourth-order valence-corrected chi connectivity index (χ4v) is 3.87. The topological polar surface area (TPSA) is 49.4 Å². The highest BCUT2D eigenvalue weighted by Gasteiger charge is 2.31. The normalized spacial score (nSPS) is 12.6. The molecule has 0 unspecified atom stereocenters.